The summed E-state index contributed by atoms with van der Waals surface area (Å²) in [6, 6.07) is 8.29. The number of rotatable bonds is 5. The van der Waals surface area contributed by atoms with Crippen LogP contribution in [0.3, 0.4) is 0 Å². The van der Waals surface area contributed by atoms with Gasteiger partial charge in [-0.05, 0) is 38.0 Å². The number of ether oxygens (including phenoxy) is 2. The largest absolute Gasteiger partial charge is 0.353 e. The topological polar surface area (TPSA) is 18.5 Å². The molecule has 0 fully saturated rings. The van der Waals surface area contributed by atoms with Crippen LogP contribution in [0.4, 0.5) is 0 Å². The van der Waals surface area contributed by atoms with Gasteiger partial charge >= 0.3 is 0 Å². The summed E-state index contributed by atoms with van der Waals surface area (Å²) >= 11 is 0. The SMILES string of the molecule is CCOC(C)OCC#Cc1ccc(CC)cc1. The van der Waals surface area contributed by atoms with E-state index in [1.165, 1.54) is 5.56 Å². The Hall–Kier alpha value is -1.30. The lowest BCUT2D eigenvalue weighted by molar-refractivity contribution is -0.117. The first-order valence-corrected chi connectivity index (χ1v) is 6.07. The normalized spacial score (nSPS) is 11.7. The molecule has 92 valence electrons. The molecule has 0 N–H and O–H groups in total. The van der Waals surface area contributed by atoms with Crippen molar-refractivity contribution in [1.82, 2.24) is 0 Å². The van der Waals surface area contributed by atoms with Gasteiger partial charge in [-0.2, -0.15) is 0 Å². The van der Waals surface area contributed by atoms with E-state index in [-0.39, 0.29) is 6.29 Å². The Bertz CT molecular complexity index is 370. The monoisotopic (exact) mass is 232 g/mol. The van der Waals surface area contributed by atoms with Crippen molar-refractivity contribution >= 4 is 0 Å². The Morgan fingerprint density at radius 3 is 2.41 bits per heavy atom. The molecule has 0 heterocycles. The van der Waals surface area contributed by atoms with Crippen LogP contribution in [0, 0.1) is 11.8 Å². The first kappa shape index (κ1) is 13.8. The van der Waals surface area contributed by atoms with E-state index in [0.717, 1.165) is 12.0 Å². The van der Waals surface area contributed by atoms with Crippen LogP contribution in [0.2, 0.25) is 0 Å². The minimum absolute atomic E-state index is 0.184. The van der Waals surface area contributed by atoms with Gasteiger partial charge < -0.3 is 9.47 Å². The standard InChI is InChI=1S/C15H20O2/c1-4-14-8-10-15(11-9-14)7-6-12-17-13(3)16-5-2/h8-11,13H,4-5,12H2,1-3H3. The summed E-state index contributed by atoms with van der Waals surface area (Å²) < 4.78 is 10.6. The van der Waals surface area contributed by atoms with E-state index in [0.29, 0.717) is 13.2 Å². The zero-order valence-electron chi connectivity index (χ0n) is 10.8. The van der Waals surface area contributed by atoms with Gasteiger partial charge in [0.25, 0.3) is 0 Å². The van der Waals surface area contributed by atoms with Crippen LogP contribution in [-0.2, 0) is 15.9 Å². The first-order chi connectivity index (χ1) is 8.26. The highest BCUT2D eigenvalue weighted by atomic mass is 16.7. The molecule has 1 atom stereocenters. The molecule has 0 bridgehead atoms. The van der Waals surface area contributed by atoms with Gasteiger partial charge in [-0.3, -0.25) is 0 Å². The van der Waals surface area contributed by atoms with Crippen LogP contribution in [0.25, 0.3) is 0 Å². The Balaban J connectivity index is 2.38. The molecule has 0 saturated carbocycles. The second kappa shape index (κ2) is 7.89. The van der Waals surface area contributed by atoms with Crippen LogP contribution in [0.5, 0.6) is 0 Å². The minimum atomic E-state index is -0.184. The summed E-state index contributed by atoms with van der Waals surface area (Å²) in [5.74, 6) is 6.04. The number of hydrogen-bond acceptors (Lipinski definition) is 2. The molecule has 0 aromatic heterocycles. The maximum atomic E-state index is 5.35. The van der Waals surface area contributed by atoms with Crippen LogP contribution < -0.4 is 0 Å². The fourth-order valence-electron chi connectivity index (χ4n) is 1.40. The molecule has 0 saturated heterocycles. The van der Waals surface area contributed by atoms with Gasteiger partial charge in [0.05, 0.1) is 0 Å². The van der Waals surface area contributed by atoms with Gasteiger partial charge in [-0.15, -0.1) is 0 Å². The van der Waals surface area contributed by atoms with Crippen LogP contribution >= 0.6 is 0 Å². The molecule has 2 heteroatoms. The summed E-state index contributed by atoms with van der Waals surface area (Å²) in [6.07, 6.45) is 0.875. The quantitative estimate of drug-likeness (QED) is 0.574. The van der Waals surface area contributed by atoms with Crippen molar-refractivity contribution in [3.63, 3.8) is 0 Å². The van der Waals surface area contributed by atoms with Gasteiger partial charge in [0.1, 0.15) is 6.61 Å². The molecular formula is C15H20O2. The van der Waals surface area contributed by atoms with E-state index >= 15 is 0 Å². The number of benzene rings is 1. The highest BCUT2D eigenvalue weighted by molar-refractivity contribution is 5.36. The van der Waals surface area contributed by atoms with E-state index in [9.17, 15) is 0 Å². The molecule has 2 nitrogen and oxygen atoms in total. The molecule has 17 heavy (non-hydrogen) atoms. The minimum Gasteiger partial charge on any atom is -0.353 e. The Morgan fingerprint density at radius 1 is 1.12 bits per heavy atom. The molecule has 0 amide bonds. The van der Waals surface area contributed by atoms with Gasteiger partial charge in [0.15, 0.2) is 6.29 Å². The first-order valence-electron chi connectivity index (χ1n) is 6.07. The maximum absolute atomic E-state index is 5.35. The van der Waals surface area contributed by atoms with Crippen molar-refractivity contribution in [1.29, 1.82) is 0 Å². The van der Waals surface area contributed by atoms with E-state index in [2.05, 4.69) is 30.9 Å². The second-order valence-corrected chi connectivity index (χ2v) is 3.69. The Morgan fingerprint density at radius 2 is 1.82 bits per heavy atom. The fourth-order valence-corrected chi connectivity index (χ4v) is 1.40. The van der Waals surface area contributed by atoms with Crippen molar-refractivity contribution in [3.8, 4) is 11.8 Å². The van der Waals surface area contributed by atoms with Gasteiger partial charge in [0, 0.05) is 12.2 Å². The van der Waals surface area contributed by atoms with Crippen LogP contribution in [-0.4, -0.2) is 19.5 Å². The van der Waals surface area contributed by atoms with Crippen molar-refractivity contribution < 1.29 is 9.47 Å². The van der Waals surface area contributed by atoms with Crippen molar-refractivity contribution in [2.75, 3.05) is 13.2 Å². The third-order valence-corrected chi connectivity index (χ3v) is 2.39. The Labute approximate surface area is 104 Å². The highest BCUT2D eigenvalue weighted by Crippen LogP contribution is 2.03. The van der Waals surface area contributed by atoms with Crippen LogP contribution in [0.15, 0.2) is 24.3 Å². The lowest BCUT2D eigenvalue weighted by Crippen LogP contribution is -2.12. The highest BCUT2D eigenvalue weighted by Gasteiger charge is 1.96. The molecule has 0 spiro atoms. The lowest BCUT2D eigenvalue weighted by Gasteiger charge is -2.09. The molecule has 1 aromatic carbocycles. The van der Waals surface area contributed by atoms with Gasteiger partial charge in [-0.25, -0.2) is 0 Å². The molecule has 0 aliphatic heterocycles. The molecule has 0 aliphatic rings. The smallest absolute Gasteiger partial charge is 0.156 e. The third kappa shape index (κ3) is 5.53. The number of aryl methyl sites for hydroxylation is 1. The predicted octanol–water partition coefficient (Wildman–Crippen LogP) is 3.00. The third-order valence-electron chi connectivity index (χ3n) is 2.39. The van der Waals surface area contributed by atoms with Gasteiger partial charge in [0.2, 0.25) is 0 Å². The molecule has 0 radical (unpaired) electrons. The van der Waals surface area contributed by atoms with Crippen molar-refractivity contribution in [2.24, 2.45) is 0 Å². The molecule has 0 aliphatic carbocycles. The van der Waals surface area contributed by atoms with E-state index in [1.807, 2.05) is 26.0 Å². The van der Waals surface area contributed by atoms with E-state index < -0.39 is 0 Å². The molecular weight excluding hydrogens is 212 g/mol. The zero-order chi connectivity index (χ0) is 12.5. The average molecular weight is 232 g/mol. The predicted molar refractivity (Wildman–Crippen MR) is 69.7 cm³/mol. The summed E-state index contributed by atoms with van der Waals surface area (Å²) in [4.78, 5) is 0. The van der Waals surface area contributed by atoms with E-state index in [4.69, 9.17) is 9.47 Å². The lowest BCUT2D eigenvalue weighted by atomic mass is 10.1. The Kier molecular flexibility index (Phi) is 6.39. The van der Waals surface area contributed by atoms with Gasteiger partial charge in [-0.1, -0.05) is 30.9 Å². The molecule has 1 rings (SSSR count). The second-order valence-electron chi connectivity index (χ2n) is 3.69. The molecule has 1 aromatic rings. The summed E-state index contributed by atoms with van der Waals surface area (Å²) in [6.45, 7) is 7.02. The molecule has 1 unspecified atom stereocenters. The summed E-state index contributed by atoms with van der Waals surface area (Å²) in [7, 11) is 0. The van der Waals surface area contributed by atoms with E-state index in [1.54, 1.807) is 0 Å². The van der Waals surface area contributed by atoms with Crippen molar-refractivity contribution in [2.45, 2.75) is 33.5 Å². The van der Waals surface area contributed by atoms with Crippen molar-refractivity contribution in [3.05, 3.63) is 35.4 Å². The fraction of sp³-hybridized carbons (Fsp3) is 0.467. The zero-order valence-corrected chi connectivity index (χ0v) is 10.8. The summed E-state index contributed by atoms with van der Waals surface area (Å²) in [5, 5.41) is 0. The number of hydrogen-bond donors (Lipinski definition) is 0. The maximum Gasteiger partial charge on any atom is 0.156 e. The van der Waals surface area contributed by atoms with Crippen LogP contribution in [0.1, 0.15) is 31.9 Å². The summed E-state index contributed by atoms with van der Waals surface area (Å²) in [5.41, 5.74) is 2.35. The average Bonchev–Trinajstić information content (AvgIpc) is 2.36.